The first-order valence-corrected chi connectivity index (χ1v) is 12.4. The van der Waals surface area contributed by atoms with Gasteiger partial charge >= 0.3 is 5.97 Å². The number of hydrogen-bond donors (Lipinski definition) is 2. The van der Waals surface area contributed by atoms with E-state index >= 15 is 0 Å². The van der Waals surface area contributed by atoms with Crippen LogP contribution in [0.4, 0.5) is 0 Å². The van der Waals surface area contributed by atoms with Crippen LogP contribution in [0.1, 0.15) is 78.6 Å². The normalized spacial score (nSPS) is 42.2. The fourth-order valence-electron chi connectivity index (χ4n) is 7.69. The van der Waals surface area contributed by atoms with Gasteiger partial charge < -0.3 is 14.9 Å². The van der Waals surface area contributed by atoms with Crippen LogP contribution in [0.5, 0.6) is 0 Å². The van der Waals surface area contributed by atoms with Crippen molar-refractivity contribution in [2.45, 2.75) is 90.3 Å². The van der Waals surface area contributed by atoms with Gasteiger partial charge in [-0.25, -0.2) is 0 Å². The maximum absolute atomic E-state index is 13.8. The summed E-state index contributed by atoms with van der Waals surface area (Å²) in [6.45, 7) is 5.02. The number of rotatable bonds is 6. The smallest absolute Gasteiger partial charge is 0.306 e. The molecule has 0 aromatic carbocycles. The molecule has 0 aliphatic heterocycles. The summed E-state index contributed by atoms with van der Waals surface area (Å²) >= 11 is 0. The number of unbranched alkanes of at least 4 members (excludes halogenated alkanes) is 1. The molecule has 1 unspecified atom stereocenters. The molecule has 7 atom stereocenters. The molecule has 4 rings (SSSR count). The lowest BCUT2D eigenvalue weighted by molar-refractivity contribution is -0.181. The predicted molar refractivity (Wildman–Crippen MR) is 119 cm³/mol. The zero-order valence-corrected chi connectivity index (χ0v) is 19.9. The van der Waals surface area contributed by atoms with Gasteiger partial charge in [0, 0.05) is 36.0 Å². The second-order valence-electron chi connectivity index (χ2n) is 11.0. The van der Waals surface area contributed by atoms with Gasteiger partial charge in [0.1, 0.15) is 24.1 Å². The van der Waals surface area contributed by atoms with Crippen molar-refractivity contribution < 1.29 is 34.1 Å². The molecule has 0 amide bonds. The lowest BCUT2D eigenvalue weighted by atomic mass is 9.45. The number of carbonyl (C=O) groups is 4. The highest BCUT2D eigenvalue weighted by molar-refractivity contribution is 5.95. The number of Topliss-reactive ketones (excluding diaryl/α,β-unsaturated/α-hetero) is 2. The monoisotopic (exact) mass is 460 g/mol. The lowest BCUT2D eigenvalue weighted by Crippen LogP contribution is -2.63. The first kappa shape index (κ1) is 24.3. The van der Waals surface area contributed by atoms with Crippen molar-refractivity contribution in [3.63, 3.8) is 0 Å². The summed E-state index contributed by atoms with van der Waals surface area (Å²) in [6, 6.07) is 0. The van der Waals surface area contributed by atoms with Crippen LogP contribution in [0.25, 0.3) is 0 Å². The molecular formula is C26H36O7. The first-order valence-electron chi connectivity index (χ1n) is 12.4. The Balaban J connectivity index is 1.71. The minimum Gasteiger partial charge on any atom is -0.461 e. The summed E-state index contributed by atoms with van der Waals surface area (Å²) in [5, 5.41) is 20.8. The van der Waals surface area contributed by atoms with Gasteiger partial charge in [0.15, 0.2) is 11.6 Å². The summed E-state index contributed by atoms with van der Waals surface area (Å²) < 4.78 is 5.88. The van der Waals surface area contributed by atoms with Crippen molar-refractivity contribution in [2.24, 2.45) is 28.6 Å². The van der Waals surface area contributed by atoms with Crippen molar-refractivity contribution in [3.8, 4) is 0 Å². The van der Waals surface area contributed by atoms with Crippen LogP contribution in [-0.4, -0.2) is 51.8 Å². The molecule has 7 heteroatoms. The van der Waals surface area contributed by atoms with E-state index in [-0.39, 0.29) is 55.1 Å². The Hall–Kier alpha value is -1.86. The molecule has 0 heterocycles. The Bertz CT molecular complexity index is 906. The van der Waals surface area contributed by atoms with E-state index in [0.717, 1.165) is 12.0 Å². The number of hydrogen-bond acceptors (Lipinski definition) is 7. The van der Waals surface area contributed by atoms with E-state index in [9.17, 15) is 29.4 Å². The van der Waals surface area contributed by atoms with Crippen molar-refractivity contribution in [3.05, 3.63) is 11.6 Å². The quantitative estimate of drug-likeness (QED) is 0.585. The third-order valence-electron chi connectivity index (χ3n) is 9.50. The fourth-order valence-corrected chi connectivity index (χ4v) is 7.69. The number of esters is 1. The number of aliphatic hydroxyl groups is 2. The first-order chi connectivity index (χ1) is 15.5. The molecule has 4 aliphatic rings. The van der Waals surface area contributed by atoms with Gasteiger partial charge in [-0.2, -0.15) is 0 Å². The van der Waals surface area contributed by atoms with Crippen LogP contribution >= 0.6 is 0 Å². The van der Waals surface area contributed by atoms with E-state index in [1.54, 1.807) is 6.08 Å². The zero-order valence-electron chi connectivity index (χ0n) is 19.9. The van der Waals surface area contributed by atoms with Crippen LogP contribution in [-0.2, 0) is 23.9 Å². The van der Waals surface area contributed by atoms with Gasteiger partial charge in [-0.15, -0.1) is 0 Å². The molecule has 0 saturated heterocycles. The Labute approximate surface area is 194 Å². The highest BCUT2D eigenvalue weighted by Gasteiger charge is 2.69. The molecule has 33 heavy (non-hydrogen) atoms. The van der Waals surface area contributed by atoms with Gasteiger partial charge in [-0.05, 0) is 50.0 Å². The molecular weight excluding hydrogens is 424 g/mol. The van der Waals surface area contributed by atoms with Crippen LogP contribution < -0.4 is 0 Å². The van der Waals surface area contributed by atoms with Crippen molar-refractivity contribution >= 4 is 23.3 Å². The summed E-state index contributed by atoms with van der Waals surface area (Å²) in [4.78, 5) is 51.3. The summed E-state index contributed by atoms with van der Waals surface area (Å²) in [7, 11) is 0. The molecule has 0 radical (unpaired) electrons. The van der Waals surface area contributed by atoms with Gasteiger partial charge in [-0.1, -0.05) is 32.8 Å². The molecule has 182 valence electrons. The third kappa shape index (κ3) is 3.45. The number of fused-ring (bicyclic) bond motifs is 5. The van der Waals surface area contributed by atoms with E-state index < -0.39 is 40.8 Å². The Morgan fingerprint density at radius 1 is 1.21 bits per heavy atom. The molecule has 7 nitrogen and oxygen atoms in total. The molecule has 3 saturated carbocycles. The lowest BCUT2D eigenvalue weighted by Gasteiger charge is -2.59. The van der Waals surface area contributed by atoms with Gasteiger partial charge in [0.05, 0.1) is 0 Å². The minimum atomic E-state index is -1.71. The molecule has 3 fully saturated rings. The molecule has 0 bridgehead atoms. The second-order valence-corrected chi connectivity index (χ2v) is 11.0. The van der Waals surface area contributed by atoms with E-state index in [1.807, 2.05) is 20.8 Å². The SMILES string of the molecule is CCCCC(=O)OC1CC(=O)C=C2CC[C@H]3[C@@H]4CC[C@](O)(C(=O)CO)[C@@]4(C)CC(=O)[C@@H]3[C@]21C. The largest absolute Gasteiger partial charge is 0.461 e. The maximum Gasteiger partial charge on any atom is 0.306 e. The number of aliphatic hydroxyl groups excluding tert-OH is 1. The Morgan fingerprint density at radius 2 is 1.94 bits per heavy atom. The summed E-state index contributed by atoms with van der Waals surface area (Å²) in [5.74, 6) is -1.66. The van der Waals surface area contributed by atoms with Crippen LogP contribution in [0.3, 0.4) is 0 Å². The van der Waals surface area contributed by atoms with Gasteiger partial charge in [-0.3, -0.25) is 19.2 Å². The Morgan fingerprint density at radius 3 is 2.61 bits per heavy atom. The van der Waals surface area contributed by atoms with Crippen LogP contribution in [0.15, 0.2) is 11.6 Å². The maximum atomic E-state index is 13.8. The minimum absolute atomic E-state index is 0.0361. The van der Waals surface area contributed by atoms with Crippen LogP contribution in [0, 0.1) is 28.6 Å². The summed E-state index contributed by atoms with van der Waals surface area (Å²) in [5.41, 5.74) is -2.53. The van der Waals surface area contributed by atoms with Crippen molar-refractivity contribution in [1.29, 1.82) is 0 Å². The average Bonchev–Trinajstić information content (AvgIpc) is 3.03. The predicted octanol–water partition coefficient (Wildman–Crippen LogP) is 2.70. The van der Waals surface area contributed by atoms with Crippen LogP contribution in [0.2, 0.25) is 0 Å². The fraction of sp³-hybridized carbons (Fsp3) is 0.769. The van der Waals surface area contributed by atoms with Crippen molar-refractivity contribution in [1.82, 2.24) is 0 Å². The highest BCUT2D eigenvalue weighted by atomic mass is 16.5. The average molecular weight is 461 g/mol. The molecule has 0 aromatic rings. The van der Waals surface area contributed by atoms with Gasteiger partial charge in [0.25, 0.3) is 0 Å². The zero-order chi connectivity index (χ0) is 24.2. The second kappa shape index (κ2) is 8.42. The van der Waals surface area contributed by atoms with E-state index in [0.29, 0.717) is 25.7 Å². The Kier molecular flexibility index (Phi) is 6.19. The molecule has 0 spiro atoms. The standard InChI is InChI=1S/C26H36O7/c1-4-5-6-22(31)33-21-12-16(28)11-15-7-8-17-18-9-10-26(32,20(30)14-27)24(18,2)13-19(29)23(17)25(15,21)3/h11,17-18,21,23,27,32H,4-10,12-14H2,1-3H3/t17-,18-,21?,23+,24-,25+,26-/m0/s1. The number of ether oxygens (including phenoxy) is 1. The van der Waals surface area contributed by atoms with Gasteiger partial charge in [0.2, 0.25) is 0 Å². The summed E-state index contributed by atoms with van der Waals surface area (Å²) in [6.07, 6.45) is 5.07. The molecule has 4 aliphatic carbocycles. The topological polar surface area (TPSA) is 118 Å². The molecule has 2 N–H and O–H groups in total. The number of carbonyl (C=O) groups excluding carboxylic acids is 4. The highest BCUT2D eigenvalue weighted by Crippen LogP contribution is 2.66. The van der Waals surface area contributed by atoms with E-state index in [1.165, 1.54) is 0 Å². The van der Waals surface area contributed by atoms with Crippen molar-refractivity contribution in [2.75, 3.05) is 6.61 Å². The third-order valence-corrected chi connectivity index (χ3v) is 9.50. The molecule has 0 aromatic heterocycles. The van der Waals surface area contributed by atoms with E-state index in [4.69, 9.17) is 4.74 Å². The number of ketones is 3. The van der Waals surface area contributed by atoms with E-state index in [2.05, 4.69) is 0 Å².